The van der Waals surface area contributed by atoms with Crippen LogP contribution in [-0.4, -0.2) is 18.1 Å². The standard InChI is InChI=1S/C13H10FNO2/c1-17-13(16)12-10(7-8-11(14)15-12)9-5-3-2-4-6-9/h2-8H,1H3. The second-order valence-corrected chi connectivity index (χ2v) is 3.39. The van der Waals surface area contributed by atoms with E-state index in [1.165, 1.54) is 19.2 Å². The monoisotopic (exact) mass is 231 g/mol. The van der Waals surface area contributed by atoms with Gasteiger partial charge in [-0.3, -0.25) is 0 Å². The van der Waals surface area contributed by atoms with E-state index in [1.54, 1.807) is 0 Å². The molecule has 3 nitrogen and oxygen atoms in total. The molecule has 0 fully saturated rings. The molecule has 2 rings (SSSR count). The van der Waals surface area contributed by atoms with Crippen molar-refractivity contribution >= 4 is 5.97 Å². The highest BCUT2D eigenvalue weighted by Gasteiger charge is 2.15. The van der Waals surface area contributed by atoms with Crippen LogP contribution in [0.3, 0.4) is 0 Å². The Balaban J connectivity index is 2.58. The summed E-state index contributed by atoms with van der Waals surface area (Å²) in [6.07, 6.45) is 0. The number of aromatic nitrogens is 1. The fourth-order valence-electron chi connectivity index (χ4n) is 1.54. The van der Waals surface area contributed by atoms with E-state index in [4.69, 9.17) is 0 Å². The van der Waals surface area contributed by atoms with Gasteiger partial charge in [0, 0.05) is 5.56 Å². The number of hydrogen-bond acceptors (Lipinski definition) is 3. The van der Waals surface area contributed by atoms with Gasteiger partial charge in [-0.05, 0) is 17.7 Å². The van der Waals surface area contributed by atoms with Crippen LogP contribution in [0.25, 0.3) is 11.1 Å². The second kappa shape index (κ2) is 4.74. The van der Waals surface area contributed by atoms with Gasteiger partial charge in [0.2, 0.25) is 5.95 Å². The van der Waals surface area contributed by atoms with Crippen molar-refractivity contribution in [3.63, 3.8) is 0 Å². The van der Waals surface area contributed by atoms with E-state index in [9.17, 15) is 9.18 Å². The maximum atomic E-state index is 13.0. The molecule has 0 radical (unpaired) electrons. The number of rotatable bonds is 2. The van der Waals surface area contributed by atoms with Crippen molar-refractivity contribution in [3.05, 3.63) is 54.1 Å². The average Bonchev–Trinajstić information content (AvgIpc) is 2.38. The molecule has 0 saturated heterocycles. The number of ether oxygens (including phenoxy) is 1. The Morgan fingerprint density at radius 1 is 1.18 bits per heavy atom. The Hall–Kier alpha value is -2.23. The number of carbonyl (C=O) groups excluding carboxylic acids is 1. The normalized spacial score (nSPS) is 10.0. The molecule has 0 spiro atoms. The quantitative estimate of drug-likeness (QED) is 0.589. The van der Waals surface area contributed by atoms with Crippen LogP contribution in [0, 0.1) is 5.95 Å². The van der Waals surface area contributed by atoms with Gasteiger partial charge in [-0.1, -0.05) is 30.3 Å². The smallest absolute Gasteiger partial charge is 0.357 e. The first-order valence-electron chi connectivity index (χ1n) is 5.02. The fraction of sp³-hybridized carbons (Fsp3) is 0.0769. The molecule has 0 amide bonds. The van der Waals surface area contributed by atoms with Crippen LogP contribution in [0.5, 0.6) is 0 Å². The zero-order chi connectivity index (χ0) is 12.3. The van der Waals surface area contributed by atoms with Crippen LogP contribution < -0.4 is 0 Å². The first-order chi connectivity index (χ1) is 8.22. The summed E-state index contributed by atoms with van der Waals surface area (Å²) in [5.74, 6) is -1.35. The van der Waals surface area contributed by atoms with Crippen LogP contribution in [0.2, 0.25) is 0 Å². The minimum atomic E-state index is -0.704. The number of benzene rings is 1. The van der Waals surface area contributed by atoms with Gasteiger partial charge in [0.1, 0.15) is 0 Å². The van der Waals surface area contributed by atoms with E-state index in [-0.39, 0.29) is 5.69 Å². The average molecular weight is 231 g/mol. The number of esters is 1. The molecule has 0 aliphatic carbocycles. The van der Waals surface area contributed by atoms with Crippen LogP contribution >= 0.6 is 0 Å². The van der Waals surface area contributed by atoms with Gasteiger partial charge in [-0.15, -0.1) is 0 Å². The Labute approximate surface area is 97.9 Å². The van der Waals surface area contributed by atoms with E-state index in [0.717, 1.165) is 5.56 Å². The number of methoxy groups -OCH3 is 1. The Bertz CT molecular complexity index is 540. The van der Waals surface area contributed by atoms with Gasteiger partial charge in [0.05, 0.1) is 7.11 Å². The van der Waals surface area contributed by atoms with Gasteiger partial charge in [0.25, 0.3) is 0 Å². The third-order valence-corrected chi connectivity index (χ3v) is 2.32. The van der Waals surface area contributed by atoms with Gasteiger partial charge in [-0.2, -0.15) is 4.39 Å². The van der Waals surface area contributed by atoms with Gasteiger partial charge in [-0.25, -0.2) is 9.78 Å². The molecule has 0 aliphatic rings. The fourth-order valence-corrected chi connectivity index (χ4v) is 1.54. The van der Waals surface area contributed by atoms with Crippen molar-refractivity contribution < 1.29 is 13.9 Å². The number of hydrogen-bond donors (Lipinski definition) is 0. The zero-order valence-corrected chi connectivity index (χ0v) is 9.18. The molecular weight excluding hydrogens is 221 g/mol. The van der Waals surface area contributed by atoms with Crippen LogP contribution in [0.15, 0.2) is 42.5 Å². The van der Waals surface area contributed by atoms with Crippen molar-refractivity contribution in [2.45, 2.75) is 0 Å². The molecular formula is C13H10FNO2. The molecule has 0 N–H and O–H groups in total. The highest BCUT2D eigenvalue weighted by Crippen LogP contribution is 2.22. The molecule has 1 aromatic carbocycles. The van der Waals surface area contributed by atoms with Crippen molar-refractivity contribution in [3.8, 4) is 11.1 Å². The Morgan fingerprint density at radius 2 is 1.88 bits per heavy atom. The molecule has 1 heterocycles. The predicted molar refractivity (Wildman–Crippen MR) is 61.0 cm³/mol. The molecule has 86 valence electrons. The third kappa shape index (κ3) is 2.30. The molecule has 1 aromatic heterocycles. The second-order valence-electron chi connectivity index (χ2n) is 3.39. The molecule has 2 aromatic rings. The van der Waals surface area contributed by atoms with E-state index in [1.807, 2.05) is 30.3 Å². The first kappa shape index (κ1) is 11.3. The lowest BCUT2D eigenvalue weighted by atomic mass is 10.0. The number of nitrogens with zero attached hydrogens (tertiary/aromatic N) is 1. The van der Waals surface area contributed by atoms with Gasteiger partial charge < -0.3 is 4.74 Å². The Kier molecular flexibility index (Phi) is 3.14. The van der Waals surface area contributed by atoms with Crippen molar-refractivity contribution in [2.24, 2.45) is 0 Å². The Morgan fingerprint density at radius 3 is 2.53 bits per heavy atom. The molecule has 0 atom stereocenters. The summed E-state index contributed by atoms with van der Waals surface area (Å²) in [7, 11) is 1.24. The number of halogens is 1. The summed E-state index contributed by atoms with van der Waals surface area (Å²) in [5, 5.41) is 0. The van der Waals surface area contributed by atoms with E-state index in [2.05, 4.69) is 9.72 Å². The molecule has 17 heavy (non-hydrogen) atoms. The third-order valence-electron chi connectivity index (χ3n) is 2.32. The van der Waals surface area contributed by atoms with Crippen LogP contribution in [-0.2, 0) is 4.74 Å². The minimum Gasteiger partial charge on any atom is -0.464 e. The largest absolute Gasteiger partial charge is 0.464 e. The maximum absolute atomic E-state index is 13.0. The lowest BCUT2D eigenvalue weighted by Gasteiger charge is -2.06. The van der Waals surface area contributed by atoms with Crippen LogP contribution in [0.1, 0.15) is 10.5 Å². The van der Waals surface area contributed by atoms with Crippen LogP contribution in [0.4, 0.5) is 4.39 Å². The molecule has 0 unspecified atom stereocenters. The summed E-state index contributed by atoms with van der Waals surface area (Å²) in [5.41, 5.74) is 1.33. The minimum absolute atomic E-state index is 0.0151. The summed E-state index contributed by atoms with van der Waals surface area (Å²) in [6, 6.07) is 11.9. The lowest BCUT2D eigenvalue weighted by Crippen LogP contribution is -2.07. The van der Waals surface area contributed by atoms with Crippen molar-refractivity contribution in [2.75, 3.05) is 7.11 Å². The van der Waals surface area contributed by atoms with E-state index < -0.39 is 11.9 Å². The number of pyridine rings is 1. The maximum Gasteiger partial charge on any atom is 0.357 e. The van der Waals surface area contributed by atoms with Crippen molar-refractivity contribution in [1.29, 1.82) is 0 Å². The summed E-state index contributed by atoms with van der Waals surface area (Å²) >= 11 is 0. The summed E-state index contributed by atoms with van der Waals surface area (Å²) in [6.45, 7) is 0. The topological polar surface area (TPSA) is 39.2 Å². The molecule has 0 bridgehead atoms. The summed E-state index contributed by atoms with van der Waals surface area (Å²) in [4.78, 5) is 15.1. The predicted octanol–water partition coefficient (Wildman–Crippen LogP) is 2.67. The zero-order valence-electron chi connectivity index (χ0n) is 9.18. The van der Waals surface area contributed by atoms with E-state index >= 15 is 0 Å². The highest BCUT2D eigenvalue weighted by molar-refractivity contribution is 5.95. The highest BCUT2D eigenvalue weighted by atomic mass is 19.1. The van der Waals surface area contributed by atoms with Gasteiger partial charge >= 0.3 is 5.97 Å². The molecule has 0 aliphatic heterocycles. The lowest BCUT2D eigenvalue weighted by molar-refractivity contribution is 0.0593. The molecule has 4 heteroatoms. The molecule has 0 saturated carbocycles. The first-order valence-corrected chi connectivity index (χ1v) is 5.02. The summed E-state index contributed by atoms with van der Waals surface area (Å²) < 4.78 is 17.6. The van der Waals surface area contributed by atoms with Crippen molar-refractivity contribution in [1.82, 2.24) is 4.98 Å². The van der Waals surface area contributed by atoms with Gasteiger partial charge in [0.15, 0.2) is 5.69 Å². The van der Waals surface area contributed by atoms with E-state index in [0.29, 0.717) is 5.56 Å². The SMILES string of the molecule is COC(=O)c1nc(F)ccc1-c1ccccc1. The number of carbonyl (C=O) groups is 1.